The maximum atomic E-state index is 11.7. The van der Waals surface area contributed by atoms with Crippen LogP contribution in [0, 0.1) is 0 Å². The van der Waals surface area contributed by atoms with Crippen molar-refractivity contribution in [3.63, 3.8) is 0 Å². The molecule has 0 atom stereocenters. The van der Waals surface area contributed by atoms with Crippen molar-refractivity contribution in [2.24, 2.45) is 0 Å². The van der Waals surface area contributed by atoms with Crippen molar-refractivity contribution >= 4 is 21.8 Å². The number of carbonyl (C=O) groups excluding carboxylic acids is 1. The largest absolute Gasteiger partial charge is 0.493 e. The Labute approximate surface area is 144 Å². The molecule has 0 aliphatic carbocycles. The van der Waals surface area contributed by atoms with Crippen molar-refractivity contribution in [3.05, 3.63) is 52.9 Å². The fourth-order valence-electron chi connectivity index (χ4n) is 1.88. The quantitative estimate of drug-likeness (QED) is 0.639. The Morgan fingerprint density at radius 3 is 2.91 bits per heavy atom. The third kappa shape index (κ3) is 7.34. The summed E-state index contributed by atoms with van der Waals surface area (Å²) in [4.78, 5) is 11.7. The smallest absolute Gasteiger partial charge is 0.223 e. The van der Waals surface area contributed by atoms with Crippen molar-refractivity contribution in [2.75, 3.05) is 19.8 Å². The summed E-state index contributed by atoms with van der Waals surface area (Å²) in [5.74, 6) is 1.53. The van der Waals surface area contributed by atoms with Gasteiger partial charge in [-0.25, -0.2) is 0 Å². The number of benzene rings is 1. The zero-order valence-electron chi connectivity index (χ0n) is 12.8. The van der Waals surface area contributed by atoms with E-state index in [0.29, 0.717) is 32.8 Å². The molecule has 0 fully saturated rings. The highest BCUT2D eigenvalue weighted by Gasteiger charge is 2.02. The van der Waals surface area contributed by atoms with Crippen LogP contribution in [0.1, 0.15) is 18.6 Å². The minimum Gasteiger partial charge on any atom is -0.493 e. The summed E-state index contributed by atoms with van der Waals surface area (Å²) >= 11 is 3.37. The van der Waals surface area contributed by atoms with Crippen molar-refractivity contribution in [2.45, 2.75) is 19.4 Å². The van der Waals surface area contributed by atoms with Gasteiger partial charge in [-0.15, -0.1) is 0 Å². The summed E-state index contributed by atoms with van der Waals surface area (Å²) in [6.45, 7) is 1.99. The molecule has 2 aromatic rings. The van der Waals surface area contributed by atoms with E-state index in [0.717, 1.165) is 22.4 Å². The summed E-state index contributed by atoms with van der Waals surface area (Å²) < 4.78 is 17.1. The van der Waals surface area contributed by atoms with Crippen LogP contribution in [0.5, 0.6) is 5.75 Å². The van der Waals surface area contributed by atoms with E-state index < -0.39 is 0 Å². The fraction of sp³-hybridized carbons (Fsp3) is 0.353. The lowest BCUT2D eigenvalue weighted by atomic mass is 10.3. The standard InChI is InChI=1S/C17H20BrNO4/c18-14-4-1-5-15(12-14)23-11-7-17(20)19-8-3-9-21-13-16-6-2-10-22-16/h1-2,4-6,10,12H,3,7-9,11,13H2,(H,19,20). The van der Waals surface area contributed by atoms with Crippen LogP contribution in [-0.2, 0) is 16.1 Å². The molecule has 2 rings (SSSR count). The summed E-state index contributed by atoms with van der Waals surface area (Å²) in [5.41, 5.74) is 0. The maximum absolute atomic E-state index is 11.7. The maximum Gasteiger partial charge on any atom is 0.223 e. The molecule has 0 saturated heterocycles. The van der Waals surface area contributed by atoms with Crippen LogP contribution in [0.15, 0.2) is 51.6 Å². The number of nitrogens with one attached hydrogen (secondary N) is 1. The minimum absolute atomic E-state index is 0.0222. The monoisotopic (exact) mass is 381 g/mol. The Morgan fingerprint density at radius 2 is 2.13 bits per heavy atom. The van der Waals surface area contributed by atoms with Gasteiger partial charge in [-0.3, -0.25) is 4.79 Å². The normalized spacial score (nSPS) is 10.5. The molecular formula is C17H20BrNO4. The first-order valence-corrected chi connectivity index (χ1v) is 8.28. The van der Waals surface area contributed by atoms with E-state index in [2.05, 4.69) is 21.2 Å². The summed E-state index contributed by atoms with van der Waals surface area (Å²) in [6.07, 6.45) is 2.72. The number of rotatable bonds is 10. The average Bonchev–Trinajstić information content (AvgIpc) is 3.04. The molecule has 0 spiro atoms. The Hall–Kier alpha value is -1.79. The van der Waals surface area contributed by atoms with Gasteiger partial charge in [0.2, 0.25) is 5.91 Å². The van der Waals surface area contributed by atoms with Crippen molar-refractivity contribution in [3.8, 4) is 5.75 Å². The predicted octanol–water partition coefficient (Wildman–Crippen LogP) is 3.53. The lowest BCUT2D eigenvalue weighted by Crippen LogP contribution is -2.26. The fourth-order valence-corrected chi connectivity index (χ4v) is 2.25. The highest BCUT2D eigenvalue weighted by atomic mass is 79.9. The van der Waals surface area contributed by atoms with Crippen LogP contribution < -0.4 is 10.1 Å². The molecular weight excluding hydrogens is 362 g/mol. The first-order valence-electron chi connectivity index (χ1n) is 7.49. The van der Waals surface area contributed by atoms with Crippen LogP contribution in [-0.4, -0.2) is 25.7 Å². The highest BCUT2D eigenvalue weighted by Crippen LogP contribution is 2.17. The molecule has 1 N–H and O–H groups in total. The van der Waals surface area contributed by atoms with Crippen molar-refractivity contribution in [1.29, 1.82) is 0 Å². The Bertz CT molecular complexity index is 586. The second-order valence-corrected chi connectivity index (χ2v) is 5.81. The third-order valence-electron chi connectivity index (χ3n) is 3.01. The van der Waals surface area contributed by atoms with Gasteiger partial charge >= 0.3 is 0 Å². The van der Waals surface area contributed by atoms with Crippen molar-refractivity contribution in [1.82, 2.24) is 5.32 Å². The number of carbonyl (C=O) groups is 1. The zero-order valence-corrected chi connectivity index (χ0v) is 14.4. The Balaban J connectivity index is 1.47. The Kier molecular flexibility index (Phi) is 7.69. The van der Waals surface area contributed by atoms with Crippen LogP contribution in [0.2, 0.25) is 0 Å². The van der Waals surface area contributed by atoms with E-state index in [9.17, 15) is 4.79 Å². The number of hydrogen-bond donors (Lipinski definition) is 1. The van der Waals surface area contributed by atoms with E-state index in [1.54, 1.807) is 6.26 Å². The van der Waals surface area contributed by atoms with Gasteiger partial charge in [-0.05, 0) is 36.8 Å². The molecule has 23 heavy (non-hydrogen) atoms. The van der Waals surface area contributed by atoms with Gasteiger partial charge < -0.3 is 19.2 Å². The molecule has 0 unspecified atom stereocenters. The predicted molar refractivity (Wildman–Crippen MR) is 90.2 cm³/mol. The number of ether oxygens (including phenoxy) is 2. The summed E-state index contributed by atoms with van der Waals surface area (Å²) in [6, 6.07) is 11.2. The topological polar surface area (TPSA) is 60.7 Å². The van der Waals surface area contributed by atoms with Crippen LogP contribution >= 0.6 is 15.9 Å². The molecule has 6 heteroatoms. The van der Waals surface area contributed by atoms with E-state index in [1.807, 2.05) is 36.4 Å². The van der Waals surface area contributed by atoms with Crippen LogP contribution in [0.25, 0.3) is 0 Å². The molecule has 0 aliphatic heterocycles. The summed E-state index contributed by atoms with van der Waals surface area (Å²) in [7, 11) is 0. The van der Waals surface area contributed by atoms with Crippen molar-refractivity contribution < 1.29 is 18.7 Å². The molecule has 0 radical (unpaired) electrons. The molecule has 1 heterocycles. The van der Waals surface area contributed by atoms with Gasteiger partial charge in [-0.2, -0.15) is 0 Å². The van der Waals surface area contributed by atoms with E-state index in [4.69, 9.17) is 13.9 Å². The molecule has 5 nitrogen and oxygen atoms in total. The second kappa shape index (κ2) is 10.1. The third-order valence-corrected chi connectivity index (χ3v) is 3.50. The van der Waals surface area contributed by atoms with Gasteiger partial charge in [0.25, 0.3) is 0 Å². The van der Waals surface area contributed by atoms with E-state index in [1.165, 1.54) is 0 Å². The molecule has 0 bridgehead atoms. The van der Waals surface area contributed by atoms with Gasteiger partial charge in [-0.1, -0.05) is 22.0 Å². The lowest BCUT2D eigenvalue weighted by molar-refractivity contribution is -0.121. The SMILES string of the molecule is O=C(CCOc1cccc(Br)c1)NCCCOCc1ccco1. The first kappa shape index (κ1) is 17.6. The Morgan fingerprint density at radius 1 is 1.22 bits per heavy atom. The lowest BCUT2D eigenvalue weighted by Gasteiger charge is -2.08. The van der Waals surface area contributed by atoms with Crippen LogP contribution in [0.3, 0.4) is 0 Å². The second-order valence-electron chi connectivity index (χ2n) is 4.89. The average molecular weight is 382 g/mol. The zero-order chi connectivity index (χ0) is 16.3. The van der Waals surface area contributed by atoms with Gasteiger partial charge in [0.1, 0.15) is 18.1 Å². The van der Waals surface area contributed by atoms with Gasteiger partial charge in [0, 0.05) is 17.6 Å². The minimum atomic E-state index is -0.0222. The molecule has 1 amide bonds. The number of hydrogen-bond acceptors (Lipinski definition) is 4. The molecule has 1 aromatic carbocycles. The van der Waals surface area contributed by atoms with Gasteiger partial charge in [0.15, 0.2) is 0 Å². The van der Waals surface area contributed by atoms with Crippen LogP contribution in [0.4, 0.5) is 0 Å². The van der Waals surface area contributed by atoms with Gasteiger partial charge in [0.05, 0.1) is 19.3 Å². The summed E-state index contributed by atoms with van der Waals surface area (Å²) in [5, 5.41) is 2.84. The first-order chi connectivity index (χ1) is 11.2. The number of halogens is 1. The number of amides is 1. The van der Waals surface area contributed by atoms with E-state index >= 15 is 0 Å². The highest BCUT2D eigenvalue weighted by molar-refractivity contribution is 9.10. The molecule has 0 aliphatic rings. The molecule has 1 aromatic heterocycles. The van der Waals surface area contributed by atoms with E-state index in [-0.39, 0.29) is 5.91 Å². The number of furan rings is 1. The molecule has 0 saturated carbocycles. The molecule has 124 valence electrons.